The van der Waals surface area contributed by atoms with Gasteiger partial charge in [0.1, 0.15) is 0 Å². The normalized spacial score (nSPS) is 23.3. The fraction of sp³-hybridized carbons (Fsp3) is 0.588. The molecule has 6 heteroatoms. The number of nitrogens with one attached hydrogen (secondary N) is 1. The van der Waals surface area contributed by atoms with E-state index in [1.165, 1.54) is 0 Å². The summed E-state index contributed by atoms with van der Waals surface area (Å²) in [6.07, 6.45) is 5.46. The molecule has 1 saturated heterocycles. The maximum atomic E-state index is 12.2. The predicted octanol–water partition coefficient (Wildman–Crippen LogP) is 2.54. The minimum atomic E-state index is -3.72. The molecular formula is C17H23NO4S. The molecule has 23 heavy (non-hydrogen) atoms. The molecule has 126 valence electrons. The van der Waals surface area contributed by atoms with Crippen LogP contribution in [0.2, 0.25) is 0 Å². The second kappa shape index (κ2) is 6.24. The van der Waals surface area contributed by atoms with Crippen LogP contribution in [-0.2, 0) is 19.1 Å². The quantitative estimate of drug-likeness (QED) is 0.838. The Balaban J connectivity index is 1.53. The van der Waals surface area contributed by atoms with Gasteiger partial charge >= 0.3 is 0 Å². The van der Waals surface area contributed by atoms with Crippen LogP contribution in [0.5, 0.6) is 0 Å². The van der Waals surface area contributed by atoms with Crippen molar-refractivity contribution in [3.8, 4) is 0 Å². The third kappa shape index (κ3) is 3.43. The van der Waals surface area contributed by atoms with Gasteiger partial charge in [0.05, 0.1) is 16.9 Å². The summed E-state index contributed by atoms with van der Waals surface area (Å²) in [7, 11) is -3.72. The first kappa shape index (κ1) is 16.5. The van der Waals surface area contributed by atoms with Crippen molar-refractivity contribution >= 4 is 16.0 Å². The zero-order chi connectivity index (χ0) is 16.5. The lowest BCUT2D eigenvalue weighted by molar-refractivity contribution is -0.127. The number of carbonyl (C=O) groups is 1. The molecule has 1 saturated carbocycles. The van der Waals surface area contributed by atoms with E-state index in [2.05, 4.69) is 5.32 Å². The van der Waals surface area contributed by atoms with Crippen molar-refractivity contribution in [2.75, 3.05) is 6.61 Å². The highest BCUT2D eigenvalue weighted by molar-refractivity contribution is 7.86. The van der Waals surface area contributed by atoms with Crippen molar-refractivity contribution in [2.24, 2.45) is 5.41 Å². The van der Waals surface area contributed by atoms with Crippen molar-refractivity contribution in [2.45, 2.75) is 56.4 Å². The van der Waals surface area contributed by atoms with Crippen molar-refractivity contribution in [3.05, 3.63) is 29.8 Å². The lowest BCUT2D eigenvalue weighted by atomic mass is 9.83. The van der Waals surface area contributed by atoms with E-state index in [0.29, 0.717) is 6.42 Å². The Kier molecular flexibility index (Phi) is 4.47. The van der Waals surface area contributed by atoms with Gasteiger partial charge < -0.3 is 5.32 Å². The van der Waals surface area contributed by atoms with Gasteiger partial charge in [0.25, 0.3) is 10.1 Å². The molecule has 1 spiro atoms. The Hall–Kier alpha value is -1.40. The second-order valence-corrected chi connectivity index (χ2v) is 8.36. The smallest absolute Gasteiger partial charge is 0.296 e. The number of carbonyl (C=O) groups excluding carboxylic acids is 1. The summed E-state index contributed by atoms with van der Waals surface area (Å²) < 4.78 is 29.4. The van der Waals surface area contributed by atoms with E-state index < -0.39 is 10.1 Å². The number of hydrogen-bond acceptors (Lipinski definition) is 4. The van der Waals surface area contributed by atoms with E-state index in [1.54, 1.807) is 24.3 Å². The van der Waals surface area contributed by atoms with E-state index in [0.717, 1.165) is 37.7 Å². The van der Waals surface area contributed by atoms with Gasteiger partial charge in [0, 0.05) is 6.04 Å². The van der Waals surface area contributed by atoms with Crippen molar-refractivity contribution in [1.82, 2.24) is 5.32 Å². The predicted molar refractivity (Wildman–Crippen MR) is 86.4 cm³/mol. The highest BCUT2D eigenvalue weighted by Gasteiger charge is 2.47. The van der Waals surface area contributed by atoms with Crippen LogP contribution in [0.1, 0.15) is 44.1 Å². The summed E-state index contributed by atoms with van der Waals surface area (Å²) in [5.41, 5.74) is 0.806. The Labute approximate surface area is 137 Å². The fourth-order valence-electron chi connectivity index (χ4n) is 3.68. The Morgan fingerprint density at radius 1 is 1.22 bits per heavy atom. The Morgan fingerprint density at radius 2 is 1.87 bits per heavy atom. The number of hydrogen-bond donors (Lipinski definition) is 1. The van der Waals surface area contributed by atoms with Gasteiger partial charge in [-0.1, -0.05) is 30.5 Å². The topological polar surface area (TPSA) is 72.5 Å². The molecule has 2 aliphatic rings. The standard InChI is InChI=1S/C17H23NO4S/c1-13-4-6-15(7-5-13)23(20,21)22-11-8-14-12-17(16(19)18-14)9-2-3-10-17/h4-7,14H,2-3,8-12H2,1H3,(H,18,19). The van der Waals surface area contributed by atoms with Crippen LogP contribution in [0.25, 0.3) is 0 Å². The number of amides is 1. The molecule has 1 aliphatic heterocycles. The van der Waals surface area contributed by atoms with Crippen LogP contribution in [0.15, 0.2) is 29.2 Å². The minimum absolute atomic E-state index is 0.0221. The molecule has 1 amide bonds. The number of aryl methyl sites for hydroxylation is 1. The molecule has 0 radical (unpaired) electrons. The van der Waals surface area contributed by atoms with Gasteiger partial charge in [-0.05, 0) is 44.7 Å². The molecule has 3 rings (SSSR count). The van der Waals surface area contributed by atoms with Crippen LogP contribution < -0.4 is 5.32 Å². The second-order valence-electron chi connectivity index (χ2n) is 6.74. The number of rotatable bonds is 5. The van der Waals surface area contributed by atoms with Crippen LogP contribution in [-0.4, -0.2) is 27.0 Å². The molecule has 0 bridgehead atoms. The molecule has 1 heterocycles. The summed E-state index contributed by atoms with van der Waals surface area (Å²) in [6.45, 7) is 2.00. The molecular weight excluding hydrogens is 314 g/mol. The van der Waals surface area contributed by atoms with Gasteiger partial charge in [-0.3, -0.25) is 8.98 Å². The third-order valence-electron chi connectivity index (χ3n) is 5.03. The van der Waals surface area contributed by atoms with Crippen molar-refractivity contribution in [3.63, 3.8) is 0 Å². The summed E-state index contributed by atoms with van der Waals surface area (Å²) in [4.78, 5) is 12.3. The van der Waals surface area contributed by atoms with E-state index in [9.17, 15) is 13.2 Å². The summed E-state index contributed by atoms with van der Waals surface area (Å²) in [5, 5.41) is 3.01. The molecule has 1 atom stereocenters. The molecule has 1 aromatic rings. The van der Waals surface area contributed by atoms with Crippen LogP contribution in [0.4, 0.5) is 0 Å². The molecule has 0 aromatic heterocycles. The zero-order valence-electron chi connectivity index (χ0n) is 13.4. The summed E-state index contributed by atoms with van der Waals surface area (Å²) >= 11 is 0. The molecule has 1 aliphatic carbocycles. The average Bonchev–Trinajstić information content (AvgIpc) is 3.08. The molecule has 1 aromatic carbocycles. The lowest BCUT2D eigenvalue weighted by Gasteiger charge is -2.18. The van der Waals surface area contributed by atoms with E-state index in [1.807, 2.05) is 6.92 Å². The van der Waals surface area contributed by atoms with Gasteiger partial charge in [-0.2, -0.15) is 8.42 Å². The number of benzene rings is 1. The molecule has 2 fully saturated rings. The molecule has 1 unspecified atom stereocenters. The molecule has 1 N–H and O–H groups in total. The first-order valence-electron chi connectivity index (χ1n) is 8.18. The lowest BCUT2D eigenvalue weighted by Crippen LogP contribution is -2.30. The third-order valence-corrected chi connectivity index (χ3v) is 6.36. The first-order valence-corrected chi connectivity index (χ1v) is 9.59. The van der Waals surface area contributed by atoms with Gasteiger partial charge in [-0.25, -0.2) is 0 Å². The van der Waals surface area contributed by atoms with Crippen LogP contribution in [0.3, 0.4) is 0 Å². The summed E-state index contributed by atoms with van der Waals surface area (Å²) in [6, 6.07) is 6.62. The highest BCUT2D eigenvalue weighted by Crippen LogP contribution is 2.45. The average molecular weight is 337 g/mol. The van der Waals surface area contributed by atoms with E-state index in [4.69, 9.17) is 4.18 Å². The minimum Gasteiger partial charge on any atom is -0.353 e. The molecule has 5 nitrogen and oxygen atoms in total. The van der Waals surface area contributed by atoms with E-state index >= 15 is 0 Å². The zero-order valence-corrected chi connectivity index (χ0v) is 14.2. The van der Waals surface area contributed by atoms with Crippen LogP contribution in [0, 0.1) is 12.3 Å². The SMILES string of the molecule is Cc1ccc(S(=O)(=O)OCCC2CC3(CCCC3)C(=O)N2)cc1. The van der Waals surface area contributed by atoms with Crippen molar-refractivity contribution < 1.29 is 17.4 Å². The maximum Gasteiger partial charge on any atom is 0.296 e. The first-order chi connectivity index (χ1) is 10.9. The van der Waals surface area contributed by atoms with Gasteiger partial charge in [-0.15, -0.1) is 0 Å². The Bertz CT molecular complexity index is 675. The van der Waals surface area contributed by atoms with Gasteiger partial charge in [0.2, 0.25) is 5.91 Å². The van der Waals surface area contributed by atoms with Crippen LogP contribution >= 0.6 is 0 Å². The van der Waals surface area contributed by atoms with E-state index in [-0.39, 0.29) is 28.9 Å². The highest BCUT2D eigenvalue weighted by atomic mass is 32.2. The fourth-order valence-corrected chi connectivity index (χ4v) is 4.61. The van der Waals surface area contributed by atoms with Gasteiger partial charge in [0.15, 0.2) is 0 Å². The Morgan fingerprint density at radius 3 is 2.52 bits per heavy atom. The summed E-state index contributed by atoms with van der Waals surface area (Å²) in [5.74, 6) is 0.140. The maximum absolute atomic E-state index is 12.2. The van der Waals surface area contributed by atoms with Crippen molar-refractivity contribution in [1.29, 1.82) is 0 Å². The largest absolute Gasteiger partial charge is 0.353 e. The monoisotopic (exact) mass is 337 g/mol.